The van der Waals surface area contributed by atoms with Crippen LogP contribution in [-0.2, 0) is 100 Å². The summed E-state index contributed by atoms with van der Waals surface area (Å²) >= 11 is 0. The van der Waals surface area contributed by atoms with Crippen LogP contribution in [0.2, 0.25) is 0 Å². The Morgan fingerprint density at radius 3 is 1.04 bits per heavy atom. The van der Waals surface area contributed by atoms with E-state index >= 15 is 0 Å². The third kappa shape index (κ3) is 34.8. The van der Waals surface area contributed by atoms with Gasteiger partial charge in [-0.2, -0.15) is 0 Å². The molecule has 90 heavy (non-hydrogen) atoms. The zero-order valence-corrected chi connectivity index (χ0v) is 62.4. The smallest absolute Gasteiger partial charge is 0.550 e. The number of unbranched alkanes of at least 4 members (excludes halogenated alkanes) is 1. The molecule has 0 spiro atoms. The molecule has 18 atom stereocenters. The third-order valence-corrected chi connectivity index (χ3v) is 14.9. The van der Waals surface area contributed by atoms with Crippen LogP contribution in [0.4, 0.5) is 0 Å². The van der Waals surface area contributed by atoms with Crippen LogP contribution in [0.15, 0.2) is 0 Å². The maximum Gasteiger partial charge on any atom is 2.00 e. The molecule has 18 unspecified atom stereocenters. The largest absolute Gasteiger partial charge is 2.00 e. The van der Waals surface area contributed by atoms with Crippen molar-refractivity contribution in [2.75, 3.05) is 55.9 Å². The van der Waals surface area contributed by atoms with Crippen molar-refractivity contribution in [3.8, 4) is 0 Å². The molecular weight excluding hydrogens is 1250 g/mol. The topological polar surface area (TPSA) is 458 Å². The van der Waals surface area contributed by atoms with Gasteiger partial charge in [-0.3, -0.25) is 43.2 Å². The molecule has 1 saturated heterocycles. The Morgan fingerprint density at radius 2 is 0.800 bits per heavy atom. The van der Waals surface area contributed by atoms with Crippen LogP contribution in [0.3, 0.4) is 0 Å². The number of rotatable bonds is 38. The number of hydrogen-bond acceptors (Lipinski definition) is 24. The van der Waals surface area contributed by atoms with Gasteiger partial charge in [0.1, 0.15) is 0 Å². The predicted octanol–water partition coefficient (Wildman–Crippen LogP) is -4.75. The Labute approximate surface area is 602 Å². The molecule has 29 nitrogen and oxygen atoms in total. The number of esters is 4. The minimum atomic E-state index is -1.76. The number of carboxylic acid groups (broad SMARTS) is 8. The fraction of sp³-hybridized carbons (Fsp3) is 0.793. The number of methoxy groups -OCH3 is 6. The van der Waals surface area contributed by atoms with E-state index in [0.29, 0.717) is 32.3 Å². The second-order valence-electron chi connectivity index (χ2n) is 20.3. The first-order valence-electron chi connectivity index (χ1n) is 28.6. The number of ether oxygens (including phenoxy) is 9. The second kappa shape index (κ2) is 55.2. The minimum Gasteiger partial charge on any atom is -0.550 e. The molecule has 1 fully saturated rings. The number of hydrogen-bond donors (Lipinski definition) is 5. The van der Waals surface area contributed by atoms with Crippen LogP contribution in [0, 0.1) is 71.0 Å². The summed E-state index contributed by atoms with van der Waals surface area (Å²) in [6, 6.07) is 0. The van der Waals surface area contributed by atoms with Crippen LogP contribution < -0.4 is 74.4 Å². The molecule has 1 aliphatic rings. The molecule has 1 rings (SSSR count). The van der Waals surface area contributed by atoms with E-state index in [0.717, 1.165) is 26.9 Å². The Kier molecular flexibility index (Phi) is 61.6. The summed E-state index contributed by atoms with van der Waals surface area (Å²) in [6.07, 6.45) is -0.657. The molecular formula is C58H97CaNa2O29+. The van der Waals surface area contributed by atoms with Gasteiger partial charge in [-0.05, 0) is 51.9 Å². The SMILES string of the molecule is CCC(OC)C(C(=O)O)C(C)C(=O)O.CCC(OC)C(C(=O)[O-])C(CC(OC)C(C(=O)O)C(C)C(=O)[O-])C(=O)[O-].CCC(OC)C1C(=O)OC(=O)C1C.CCCCOC(=O)C(C)C(C(=O)O)C(CC)OC.CCOC(=O)C(C)C(C(=O)O)C(CC)OC.[Ca+2].[Na+].[Na+]. The molecule has 0 radical (unpaired) electrons. The molecule has 506 valence electrons. The molecule has 0 aromatic heterocycles. The van der Waals surface area contributed by atoms with E-state index in [2.05, 4.69) is 4.74 Å². The molecule has 1 aliphatic heterocycles. The van der Waals surface area contributed by atoms with Crippen molar-refractivity contribution in [2.45, 2.75) is 171 Å². The van der Waals surface area contributed by atoms with E-state index in [1.807, 2.05) is 27.7 Å². The van der Waals surface area contributed by atoms with E-state index in [9.17, 15) is 83.1 Å². The molecule has 0 bridgehead atoms. The normalized spacial score (nSPS) is 18.3. The number of carbonyl (C=O) groups is 12. The quantitative estimate of drug-likeness (QED) is 0.0127. The second-order valence-corrected chi connectivity index (χ2v) is 20.3. The van der Waals surface area contributed by atoms with Crippen LogP contribution in [0.1, 0.15) is 134 Å². The molecule has 0 aliphatic carbocycles. The first kappa shape index (κ1) is 100. The van der Waals surface area contributed by atoms with Crippen molar-refractivity contribution < 1.29 is 200 Å². The Bertz CT molecular complexity index is 2120. The van der Waals surface area contributed by atoms with E-state index in [-0.39, 0.29) is 122 Å². The zero-order valence-electron chi connectivity index (χ0n) is 56.2. The molecule has 1 heterocycles. The maximum atomic E-state index is 11.8. The third-order valence-electron chi connectivity index (χ3n) is 14.9. The standard InChI is InChI=1S/C16H26O10.C13H24O5.C11H20O5.C9H16O5.C9H14O4.Ca.2Na/c1-5-9(25-3)12(16(23)24)8(14(19)20)6-10(26-4)11(15(21)22)7(2)13(17)18;1-5-7-8-18-13(16)9(3)11(12(14)15)10(6-2)17-4;1-5-8(15-4)9(10(12)13)7(3)11(14)16-6-2;1-4-6(14-3)7(9(12)13)5(2)8(10)11;1-4-6(12-3)7-5(2)8(10)13-9(7)11;;;/h7-12H,5-6H2,1-4H3,(H,17,18)(H,19,20)(H,21,22)(H,23,24);9-11H,5-8H2,1-4H3,(H,14,15);7-9H,5-6H2,1-4H3,(H,12,13);5-7H,4H2,1-3H3,(H,10,11)(H,12,13);5-7H,4H2,1-3H3;;;/q;;;;;+2;2*+1/p-3. The van der Waals surface area contributed by atoms with Crippen LogP contribution >= 0.6 is 0 Å². The summed E-state index contributed by atoms with van der Waals surface area (Å²) in [7, 11) is 8.09. The molecule has 0 aromatic carbocycles. The first-order valence-corrected chi connectivity index (χ1v) is 28.6. The monoisotopic (exact) mass is 1340 g/mol. The number of carbonyl (C=O) groups excluding carboxylic acids is 7. The van der Waals surface area contributed by atoms with Crippen molar-refractivity contribution in [2.24, 2.45) is 71.0 Å². The molecule has 0 amide bonds. The number of cyclic esters (lactones) is 2. The first-order chi connectivity index (χ1) is 40.6. The van der Waals surface area contributed by atoms with Crippen LogP contribution in [0.5, 0.6) is 0 Å². The molecule has 0 aromatic rings. The number of carboxylic acids is 8. The minimum absolute atomic E-state index is 0. The fourth-order valence-electron chi connectivity index (χ4n) is 9.62. The van der Waals surface area contributed by atoms with Crippen molar-refractivity contribution in [1.29, 1.82) is 0 Å². The van der Waals surface area contributed by atoms with E-state index in [1.165, 1.54) is 42.5 Å². The van der Waals surface area contributed by atoms with Gasteiger partial charge >= 0.3 is 151 Å². The summed E-state index contributed by atoms with van der Waals surface area (Å²) in [4.78, 5) is 135. The average Bonchev–Trinajstić information content (AvgIpc) is 1.66. The van der Waals surface area contributed by atoms with Gasteiger partial charge in [0.15, 0.2) is 0 Å². The van der Waals surface area contributed by atoms with Gasteiger partial charge in [-0.15, -0.1) is 0 Å². The maximum absolute atomic E-state index is 11.8. The van der Waals surface area contributed by atoms with Gasteiger partial charge in [0.25, 0.3) is 0 Å². The average molecular weight is 1340 g/mol. The Morgan fingerprint density at radius 1 is 0.456 bits per heavy atom. The van der Waals surface area contributed by atoms with E-state index < -0.39 is 174 Å². The summed E-state index contributed by atoms with van der Waals surface area (Å²) in [6.45, 7) is 20.5. The van der Waals surface area contributed by atoms with Crippen molar-refractivity contribution >= 4 is 109 Å². The summed E-state index contributed by atoms with van der Waals surface area (Å²) < 4.78 is 44.6. The van der Waals surface area contributed by atoms with Crippen LogP contribution in [-0.4, -0.2) is 227 Å². The summed E-state index contributed by atoms with van der Waals surface area (Å²) in [5.74, 6) is -25.3. The molecule has 0 saturated carbocycles. The Balaban J connectivity index is -0.000000194. The number of aliphatic carboxylic acids is 8. The van der Waals surface area contributed by atoms with Gasteiger partial charge in [0, 0.05) is 78.3 Å². The Hall–Kier alpha value is -3.14. The van der Waals surface area contributed by atoms with Gasteiger partial charge in [-0.1, -0.05) is 82.6 Å². The van der Waals surface area contributed by atoms with E-state index in [4.69, 9.17) is 53.2 Å². The molecule has 32 heteroatoms. The van der Waals surface area contributed by atoms with Gasteiger partial charge < -0.3 is 97.9 Å². The van der Waals surface area contributed by atoms with Crippen molar-refractivity contribution in [1.82, 2.24) is 0 Å². The predicted molar refractivity (Wildman–Crippen MR) is 304 cm³/mol. The van der Waals surface area contributed by atoms with Crippen molar-refractivity contribution in [3.05, 3.63) is 0 Å². The van der Waals surface area contributed by atoms with Gasteiger partial charge in [0.05, 0.1) is 103 Å². The summed E-state index contributed by atoms with van der Waals surface area (Å²) in [5.41, 5.74) is 0. The summed E-state index contributed by atoms with van der Waals surface area (Å²) in [5, 5.41) is 79.3. The molecule has 5 N–H and O–H groups in total. The fourth-order valence-corrected chi connectivity index (χ4v) is 9.62. The van der Waals surface area contributed by atoms with E-state index in [1.54, 1.807) is 41.5 Å². The van der Waals surface area contributed by atoms with Gasteiger partial charge in [0.2, 0.25) is 0 Å². The van der Waals surface area contributed by atoms with Gasteiger partial charge in [-0.25, -0.2) is 0 Å². The zero-order chi connectivity index (χ0) is 68.8. The van der Waals surface area contributed by atoms with Crippen LogP contribution in [0.25, 0.3) is 0 Å². The van der Waals surface area contributed by atoms with Crippen molar-refractivity contribution in [3.63, 3.8) is 0 Å².